The fraction of sp³-hybridized carbons (Fsp3) is 0.500. The lowest BCUT2D eigenvalue weighted by molar-refractivity contribution is -0.124. The van der Waals surface area contributed by atoms with Crippen molar-refractivity contribution in [2.75, 3.05) is 30.9 Å². The summed E-state index contributed by atoms with van der Waals surface area (Å²) in [6, 6.07) is 7.90. The summed E-state index contributed by atoms with van der Waals surface area (Å²) in [5.41, 5.74) is 12.1. The number of rotatable bonds is 9. The van der Waals surface area contributed by atoms with Gasteiger partial charge >= 0.3 is 0 Å². The van der Waals surface area contributed by atoms with Gasteiger partial charge in [0.15, 0.2) is 11.6 Å². The molecule has 0 spiro atoms. The van der Waals surface area contributed by atoms with Gasteiger partial charge in [0.2, 0.25) is 5.91 Å². The highest BCUT2D eigenvalue weighted by Gasteiger charge is 2.22. The van der Waals surface area contributed by atoms with Crippen molar-refractivity contribution in [3.05, 3.63) is 30.1 Å². The molecule has 0 radical (unpaired) electrons. The van der Waals surface area contributed by atoms with Crippen LogP contribution >= 0.6 is 0 Å². The van der Waals surface area contributed by atoms with E-state index in [0.717, 1.165) is 41.5 Å². The Morgan fingerprint density at radius 3 is 2.83 bits per heavy atom. The van der Waals surface area contributed by atoms with Crippen molar-refractivity contribution in [1.29, 1.82) is 0 Å². The van der Waals surface area contributed by atoms with E-state index >= 15 is 0 Å². The number of nitrogens with two attached hydrogens (primary N) is 1. The first-order valence-corrected chi connectivity index (χ1v) is 10.8. The second-order valence-electron chi connectivity index (χ2n) is 7.75. The molecule has 2 heterocycles. The molecular weight excluding hydrogens is 380 g/mol. The highest BCUT2D eigenvalue weighted by Crippen LogP contribution is 2.28. The van der Waals surface area contributed by atoms with Crippen LogP contribution in [0.5, 0.6) is 0 Å². The van der Waals surface area contributed by atoms with E-state index in [9.17, 15) is 4.79 Å². The summed E-state index contributed by atoms with van der Waals surface area (Å²) in [6.07, 6.45) is 5.19. The third kappa shape index (κ3) is 4.18. The molecule has 8 heteroatoms. The quantitative estimate of drug-likeness (QED) is 0.468. The number of hydrogen-bond acceptors (Lipinski definition) is 6. The number of nitrogen functional groups attached to an aromatic ring is 1. The first-order valence-electron chi connectivity index (χ1n) is 10.8. The molecule has 0 aliphatic heterocycles. The minimum Gasteiger partial charge on any atom is -0.382 e. The third-order valence-electron chi connectivity index (χ3n) is 5.67. The summed E-state index contributed by atoms with van der Waals surface area (Å²) in [4.78, 5) is 21.4. The zero-order valence-corrected chi connectivity index (χ0v) is 17.5. The number of benzene rings is 1. The highest BCUT2D eigenvalue weighted by molar-refractivity contribution is 6.06. The normalized spacial score (nSPS) is 14.6. The van der Waals surface area contributed by atoms with Crippen molar-refractivity contribution in [2.24, 2.45) is 5.92 Å². The lowest BCUT2D eigenvalue weighted by Gasteiger charge is -2.14. The second-order valence-corrected chi connectivity index (χ2v) is 7.75. The van der Waals surface area contributed by atoms with Gasteiger partial charge in [-0.2, -0.15) is 0 Å². The number of ether oxygens (including phenoxy) is 1. The predicted octanol–water partition coefficient (Wildman–Crippen LogP) is 2.94. The molecule has 1 aliphatic carbocycles. The Balaban J connectivity index is 1.50. The van der Waals surface area contributed by atoms with Gasteiger partial charge in [-0.1, -0.05) is 31.0 Å². The first-order chi connectivity index (χ1) is 14.7. The van der Waals surface area contributed by atoms with Crippen LogP contribution in [-0.4, -0.2) is 40.2 Å². The Hall–Kier alpha value is -2.87. The van der Waals surface area contributed by atoms with Crippen LogP contribution in [0.25, 0.3) is 21.9 Å². The van der Waals surface area contributed by atoms with Gasteiger partial charge in [0.1, 0.15) is 17.6 Å². The molecule has 1 amide bonds. The predicted molar refractivity (Wildman–Crippen MR) is 119 cm³/mol. The van der Waals surface area contributed by atoms with Gasteiger partial charge in [-0.15, -0.1) is 0 Å². The van der Waals surface area contributed by atoms with Crippen molar-refractivity contribution in [3.8, 4) is 0 Å². The molecule has 8 nitrogen and oxygen atoms in total. The lowest BCUT2D eigenvalue weighted by Crippen LogP contribution is -2.31. The maximum atomic E-state index is 12.2. The van der Waals surface area contributed by atoms with Crippen LogP contribution in [0.4, 0.5) is 5.82 Å². The van der Waals surface area contributed by atoms with Crippen molar-refractivity contribution < 1.29 is 9.53 Å². The molecule has 2 aromatic heterocycles. The number of fused-ring (bicyclic) bond motifs is 3. The number of nitrogens with one attached hydrogen (secondary N) is 2. The Kier molecular flexibility index (Phi) is 6.32. The number of hydrogen-bond donors (Lipinski definition) is 3. The SMILES string of the molecule is CCOCc1nc2c(N)nc3ccccc3c2n1NCCCNC(=O)C1CCCC1. The summed E-state index contributed by atoms with van der Waals surface area (Å²) in [5, 5.41) is 4.06. The topological polar surface area (TPSA) is 107 Å². The summed E-state index contributed by atoms with van der Waals surface area (Å²) in [7, 11) is 0. The van der Waals surface area contributed by atoms with Gasteiger partial charge in [0.25, 0.3) is 0 Å². The van der Waals surface area contributed by atoms with E-state index in [0.29, 0.717) is 37.6 Å². The molecule has 160 valence electrons. The summed E-state index contributed by atoms with van der Waals surface area (Å²) < 4.78 is 7.58. The number of anilines is 1. The van der Waals surface area contributed by atoms with Crippen LogP contribution < -0.4 is 16.5 Å². The molecule has 1 fully saturated rings. The van der Waals surface area contributed by atoms with Gasteiger partial charge in [0, 0.05) is 31.0 Å². The minimum atomic E-state index is 0.197. The molecule has 1 saturated carbocycles. The van der Waals surface area contributed by atoms with Gasteiger partial charge in [-0.3, -0.25) is 4.79 Å². The maximum absolute atomic E-state index is 12.2. The largest absolute Gasteiger partial charge is 0.382 e. The number of amides is 1. The van der Waals surface area contributed by atoms with E-state index in [-0.39, 0.29) is 11.8 Å². The molecule has 4 N–H and O–H groups in total. The first kappa shape index (κ1) is 20.4. The Bertz CT molecular complexity index is 1030. The molecule has 0 saturated heterocycles. The van der Waals surface area contributed by atoms with Crippen molar-refractivity contribution in [2.45, 2.75) is 45.6 Å². The van der Waals surface area contributed by atoms with Gasteiger partial charge in [0.05, 0.1) is 5.52 Å². The van der Waals surface area contributed by atoms with Crippen molar-refractivity contribution in [3.63, 3.8) is 0 Å². The minimum absolute atomic E-state index is 0.197. The van der Waals surface area contributed by atoms with E-state index in [1.807, 2.05) is 35.9 Å². The summed E-state index contributed by atoms with van der Waals surface area (Å²) in [6.45, 7) is 4.28. The number of aromatic nitrogens is 3. The summed E-state index contributed by atoms with van der Waals surface area (Å²) >= 11 is 0. The number of carbonyl (C=O) groups is 1. The number of carbonyl (C=O) groups excluding carboxylic acids is 1. The van der Waals surface area contributed by atoms with E-state index < -0.39 is 0 Å². The van der Waals surface area contributed by atoms with Gasteiger partial charge < -0.3 is 21.2 Å². The standard InChI is InChI=1S/C22H30N6O2/c1-2-30-14-18-27-19-20(16-10-5-6-11-17(16)26-21(19)23)28(18)25-13-7-12-24-22(29)15-8-3-4-9-15/h5-6,10-11,15,25H,2-4,7-9,12-14H2,1H3,(H2,23,26)(H,24,29). The third-order valence-corrected chi connectivity index (χ3v) is 5.67. The maximum Gasteiger partial charge on any atom is 0.223 e. The zero-order chi connectivity index (χ0) is 20.9. The van der Waals surface area contributed by atoms with Crippen LogP contribution in [0, 0.1) is 5.92 Å². The number of pyridine rings is 1. The Labute approximate surface area is 176 Å². The molecule has 0 bridgehead atoms. The Morgan fingerprint density at radius 2 is 2.03 bits per heavy atom. The number of para-hydroxylation sites is 1. The summed E-state index contributed by atoms with van der Waals surface area (Å²) in [5.74, 6) is 1.56. The van der Waals surface area contributed by atoms with Crippen molar-refractivity contribution >= 4 is 33.7 Å². The fourth-order valence-electron chi connectivity index (χ4n) is 4.13. The Morgan fingerprint density at radius 1 is 1.23 bits per heavy atom. The average Bonchev–Trinajstić information content (AvgIpc) is 3.41. The molecule has 4 rings (SSSR count). The monoisotopic (exact) mass is 410 g/mol. The van der Waals surface area contributed by atoms with E-state index in [2.05, 4.69) is 15.7 Å². The fourth-order valence-corrected chi connectivity index (χ4v) is 4.13. The van der Waals surface area contributed by atoms with E-state index in [1.54, 1.807) is 0 Å². The van der Waals surface area contributed by atoms with Crippen LogP contribution in [0.1, 0.15) is 44.9 Å². The van der Waals surface area contributed by atoms with Gasteiger partial charge in [-0.25, -0.2) is 14.6 Å². The highest BCUT2D eigenvalue weighted by atomic mass is 16.5. The van der Waals surface area contributed by atoms with Crippen LogP contribution in [0.3, 0.4) is 0 Å². The number of imidazole rings is 1. The average molecular weight is 411 g/mol. The van der Waals surface area contributed by atoms with Crippen LogP contribution in [0.15, 0.2) is 24.3 Å². The smallest absolute Gasteiger partial charge is 0.223 e. The molecular formula is C22H30N6O2. The van der Waals surface area contributed by atoms with E-state index in [1.165, 1.54) is 12.8 Å². The van der Waals surface area contributed by atoms with Crippen LogP contribution in [-0.2, 0) is 16.1 Å². The zero-order valence-electron chi connectivity index (χ0n) is 17.5. The second kappa shape index (κ2) is 9.30. The van der Waals surface area contributed by atoms with Crippen molar-refractivity contribution in [1.82, 2.24) is 20.0 Å². The van der Waals surface area contributed by atoms with E-state index in [4.69, 9.17) is 15.5 Å². The number of nitrogens with zero attached hydrogens (tertiary/aromatic N) is 3. The molecule has 3 aromatic rings. The van der Waals surface area contributed by atoms with Gasteiger partial charge in [-0.05, 0) is 32.3 Å². The lowest BCUT2D eigenvalue weighted by atomic mass is 10.1. The molecule has 1 aromatic carbocycles. The molecule has 1 aliphatic rings. The van der Waals surface area contributed by atoms with Crippen LogP contribution in [0.2, 0.25) is 0 Å². The molecule has 0 atom stereocenters. The molecule has 30 heavy (non-hydrogen) atoms. The molecule has 0 unspecified atom stereocenters.